The summed E-state index contributed by atoms with van der Waals surface area (Å²) >= 11 is 0. The molecular formula is C28H30N4O4. The van der Waals surface area contributed by atoms with Gasteiger partial charge in [-0.3, -0.25) is 14.5 Å². The minimum atomic E-state index is -0.797. The van der Waals surface area contributed by atoms with Crippen LogP contribution >= 0.6 is 0 Å². The number of ether oxygens (including phenoxy) is 1. The third-order valence-electron chi connectivity index (χ3n) is 7.16. The van der Waals surface area contributed by atoms with Crippen molar-refractivity contribution in [3.05, 3.63) is 58.4 Å². The van der Waals surface area contributed by atoms with Crippen LogP contribution in [0.1, 0.15) is 45.6 Å². The summed E-state index contributed by atoms with van der Waals surface area (Å²) < 4.78 is 5.57. The number of hydrogen-bond donors (Lipinski definition) is 2. The van der Waals surface area contributed by atoms with E-state index >= 15 is 0 Å². The van der Waals surface area contributed by atoms with Crippen molar-refractivity contribution >= 4 is 33.7 Å². The number of amides is 2. The summed E-state index contributed by atoms with van der Waals surface area (Å²) in [7, 11) is 0. The number of pyridine rings is 1. The Balaban J connectivity index is 1.35. The summed E-state index contributed by atoms with van der Waals surface area (Å²) in [4.78, 5) is 43.4. The lowest BCUT2D eigenvalue weighted by Gasteiger charge is -2.35. The first-order valence-electron chi connectivity index (χ1n) is 12.4. The summed E-state index contributed by atoms with van der Waals surface area (Å²) in [5.74, 6) is -0.265. The molecular weight excluding hydrogens is 456 g/mol. The van der Waals surface area contributed by atoms with E-state index in [9.17, 15) is 19.6 Å². The van der Waals surface area contributed by atoms with E-state index in [0.717, 1.165) is 41.1 Å². The number of aromatic amines is 1. The normalized spacial score (nSPS) is 21.9. The zero-order valence-electron chi connectivity index (χ0n) is 20.7. The molecule has 3 aromatic rings. The van der Waals surface area contributed by atoms with Gasteiger partial charge < -0.3 is 15.0 Å². The molecule has 2 heterocycles. The fraction of sp³-hybridized carbons (Fsp3) is 0.429. The van der Waals surface area contributed by atoms with Crippen LogP contribution in [0.15, 0.2) is 47.3 Å². The van der Waals surface area contributed by atoms with Gasteiger partial charge in [-0.05, 0) is 69.0 Å². The number of fused-ring (bicyclic) bond motifs is 5. The van der Waals surface area contributed by atoms with E-state index in [1.54, 1.807) is 31.7 Å². The SMILES string of the molecule is CC(C)(C)OC(=O)N1C2CCC(C2)C1C(=O)NC(C#N)Cc1ccc2c(c1)c(=O)[nH]c1ccccc12. The Hall–Kier alpha value is -3.86. The van der Waals surface area contributed by atoms with E-state index in [2.05, 4.69) is 16.4 Å². The molecule has 1 aliphatic heterocycles. The molecule has 5 rings (SSSR count). The fourth-order valence-corrected chi connectivity index (χ4v) is 5.68. The molecule has 2 amide bonds. The van der Waals surface area contributed by atoms with E-state index in [1.165, 1.54) is 0 Å². The van der Waals surface area contributed by atoms with E-state index in [1.807, 2.05) is 36.4 Å². The maximum Gasteiger partial charge on any atom is 0.411 e. The highest BCUT2D eigenvalue weighted by atomic mass is 16.6. The third-order valence-corrected chi connectivity index (χ3v) is 7.16. The van der Waals surface area contributed by atoms with Gasteiger partial charge in [0.15, 0.2) is 0 Å². The molecule has 4 atom stereocenters. The summed E-state index contributed by atoms with van der Waals surface area (Å²) in [5.41, 5.74) is 0.685. The number of H-pyrrole nitrogens is 1. The number of likely N-dealkylation sites (tertiary alicyclic amines) is 1. The van der Waals surface area contributed by atoms with Gasteiger partial charge in [-0.25, -0.2) is 4.79 Å². The highest BCUT2D eigenvalue weighted by molar-refractivity contribution is 6.05. The van der Waals surface area contributed by atoms with Crippen LogP contribution in [0.5, 0.6) is 0 Å². The van der Waals surface area contributed by atoms with Crippen LogP contribution in [-0.2, 0) is 16.0 Å². The molecule has 1 aliphatic carbocycles. The van der Waals surface area contributed by atoms with Crippen molar-refractivity contribution in [2.24, 2.45) is 5.92 Å². The predicted octanol–water partition coefficient (Wildman–Crippen LogP) is 4.02. The Bertz CT molecular complexity index is 1450. The van der Waals surface area contributed by atoms with Crippen LogP contribution in [-0.4, -0.2) is 45.6 Å². The molecule has 2 N–H and O–H groups in total. The molecule has 2 aromatic carbocycles. The van der Waals surface area contributed by atoms with Gasteiger partial charge in [0.1, 0.15) is 17.7 Å². The van der Waals surface area contributed by atoms with Crippen molar-refractivity contribution in [2.45, 2.75) is 70.2 Å². The lowest BCUT2D eigenvalue weighted by Crippen LogP contribution is -2.55. The summed E-state index contributed by atoms with van der Waals surface area (Å²) in [6.45, 7) is 5.41. The maximum absolute atomic E-state index is 13.3. The van der Waals surface area contributed by atoms with Gasteiger partial charge in [-0.15, -0.1) is 0 Å². The van der Waals surface area contributed by atoms with Gasteiger partial charge in [-0.2, -0.15) is 5.26 Å². The highest BCUT2D eigenvalue weighted by Crippen LogP contribution is 2.43. The monoisotopic (exact) mass is 486 g/mol. The second-order valence-electron chi connectivity index (χ2n) is 10.8. The first-order chi connectivity index (χ1) is 17.1. The number of nitrogens with one attached hydrogen (secondary N) is 2. The second kappa shape index (κ2) is 8.98. The number of aromatic nitrogens is 1. The summed E-state index contributed by atoms with van der Waals surface area (Å²) in [5, 5.41) is 15.0. The lowest BCUT2D eigenvalue weighted by molar-refractivity contribution is -0.128. The Kier molecular flexibility index (Phi) is 5.95. The Morgan fingerprint density at radius 3 is 2.69 bits per heavy atom. The molecule has 36 heavy (non-hydrogen) atoms. The van der Waals surface area contributed by atoms with Crippen LogP contribution in [0.2, 0.25) is 0 Å². The molecule has 8 heteroatoms. The molecule has 186 valence electrons. The van der Waals surface area contributed by atoms with Crippen molar-refractivity contribution in [3.63, 3.8) is 0 Å². The quantitative estimate of drug-likeness (QED) is 0.541. The maximum atomic E-state index is 13.3. The first kappa shape index (κ1) is 23.9. The number of rotatable bonds is 4. The van der Waals surface area contributed by atoms with Crippen LogP contribution in [0.3, 0.4) is 0 Å². The number of hydrogen-bond acceptors (Lipinski definition) is 5. The van der Waals surface area contributed by atoms with Crippen molar-refractivity contribution in [3.8, 4) is 6.07 Å². The smallest absolute Gasteiger partial charge is 0.411 e. The summed E-state index contributed by atoms with van der Waals surface area (Å²) in [6.07, 6.45) is 2.27. The Morgan fingerprint density at radius 2 is 1.94 bits per heavy atom. The minimum absolute atomic E-state index is 0.0110. The number of para-hydroxylation sites is 1. The van der Waals surface area contributed by atoms with Crippen molar-refractivity contribution < 1.29 is 14.3 Å². The number of nitriles is 1. The van der Waals surface area contributed by atoms with Crippen molar-refractivity contribution in [2.75, 3.05) is 0 Å². The number of nitrogens with zero attached hydrogens (tertiary/aromatic N) is 2. The van der Waals surface area contributed by atoms with Gasteiger partial charge in [0, 0.05) is 28.8 Å². The molecule has 8 nitrogen and oxygen atoms in total. The average molecular weight is 487 g/mol. The number of carbonyl (C=O) groups is 2. The van der Waals surface area contributed by atoms with Crippen molar-refractivity contribution in [1.29, 1.82) is 5.26 Å². The molecule has 2 aliphatic rings. The molecule has 0 spiro atoms. The van der Waals surface area contributed by atoms with Gasteiger partial charge in [-0.1, -0.05) is 30.3 Å². The molecule has 1 saturated heterocycles. The lowest BCUT2D eigenvalue weighted by atomic mass is 9.97. The van der Waals surface area contributed by atoms with E-state index in [4.69, 9.17) is 4.74 Å². The zero-order chi connectivity index (χ0) is 25.6. The molecule has 1 aromatic heterocycles. The van der Waals surface area contributed by atoms with Gasteiger partial charge in [0.2, 0.25) is 5.91 Å². The molecule has 0 radical (unpaired) electrons. The topological polar surface area (TPSA) is 115 Å². The van der Waals surface area contributed by atoms with Crippen LogP contribution in [0, 0.1) is 17.2 Å². The number of benzene rings is 2. The standard InChI is InChI=1S/C28H30N4O4/c1-28(2,3)36-27(35)32-19-10-9-17(14-19)24(32)26(34)30-18(15-29)12-16-8-11-20-21-6-4-5-7-23(21)31-25(33)22(20)13-16/h4-8,11,13,17-19,24H,9-10,12,14H2,1-3H3,(H,30,34)(H,31,33). The average Bonchev–Trinajstić information content (AvgIpc) is 3.45. The van der Waals surface area contributed by atoms with Crippen LogP contribution < -0.4 is 10.9 Å². The van der Waals surface area contributed by atoms with Crippen LogP contribution in [0.25, 0.3) is 21.7 Å². The predicted molar refractivity (Wildman–Crippen MR) is 136 cm³/mol. The number of piperidine rings is 1. The zero-order valence-corrected chi connectivity index (χ0v) is 20.7. The van der Waals surface area contributed by atoms with E-state index in [-0.39, 0.29) is 29.8 Å². The molecule has 2 bridgehead atoms. The molecule has 2 fully saturated rings. The van der Waals surface area contributed by atoms with E-state index < -0.39 is 23.8 Å². The van der Waals surface area contributed by atoms with Crippen molar-refractivity contribution in [1.82, 2.24) is 15.2 Å². The summed E-state index contributed by atoms with van der Waals surface area (Å²) in [6, 6.07) is 13.9. The second-order valence-corrected chi connectivity index (χ2v) is 10.8. The third kappa shape index (κ3) is 4.41. The van der Waals surface area contributed by atoms with Gasteiger partial charge in [0.05, 0.1) is 6.07 Å². The first-order valence-corrected chi connectivity index (χ1v) is 12.4. The fourth-order valence-electron chi connectivity index (χ4n) is 5.68. The Morgan fingerprint density at radius 1 is 1.17 bits per heavy atom. The Labute approximate surface area is 209 Å². The van der Waals surface area contributed by atoms with Gasteiger partial charge >= 0.3 is 6.09 Å². The minimum Gasteiger partial charge on any atom is -0.444 e. The highest BCUT2D eigenvalue weighted by Gasteiger charge is 2.52. The van der Waals surface area contributed by atoms with E-state index in [0.29, 0.717) is 5.39 Å². The largest absolute Gasteiger partial charge is 0.444 e. The van der Waals surface area contributed by atoms with Gasteiger partial charge in [0.25, 0.3) is 5.56 Å². The molecule has 1 saturated carbocycles. The number of carbonyl (C=O) groups excluding carboxylic acids is 2. The van der Waals surface area contributed by atoms with Crippen LogP contribution in [0.4, 0.5) is 4.79 Å². The molecule has 4 unspecified atom stereocenters.